The van der Waals surface area contributed by atoms with Crippen molar-refractivity contribution in [2.75, 3.05) is 18.8 Å². The Kier molecular flexibility index (Phi) is 5.64. The third kappa shape index (κ3) is 4.76. The fraction of sp³-hybridized carbons (Fsp3) is 0.385. The van der Waals surface area contributed by atoms with Crippen LogP contribution in [0.1, 0.15) is 10.6 Å². The average Bonchev–Trinajstić information content (AvgIpc) is 2.87. The monoisotopic (exact) mass is 279 g/mol. The minimum Gasteiger partial charge on any atom is -0.316 e. The third-order valence-corrected chi connectivity index (χ3v) is 4.21. The molecule has 0 aliphatic heterocycles. The van der Waals surface area contributed by atoms with Crippen LogP contribution < -0.4 is 5.32 Å². The predicted octanol–water partition coefficient (Wildman–Crippen LogP) is 2.77. The molecular weight excluding hydrogens is 262 g/mol. The summed E-state index contributed by atoms with van der Waals surface area (Å²) in [7, 11) is 0. The van der Waals surface area contributed by atoms with E-state index in [-0.39, 0.29) is 0 Å². The highest BCUT2D eigenvalue weighted by atomic mass is 32.2. The summed E-state index contributed by atoms with van der Waals surface area (Å²) in [6.45, 7) is 4.02. The molecule has 0 saturated carbocycles. The van der Waals surface area contributed by atoms with Crippen molar-refractivity contribution < 1.29 is 0 Å². The van der Waals surface area contributed by atoms with Crippen molar-refractivity contribution in [2.45, 2.75) is 18.5 Å². The number of nitrogens with one attached hydrogen (secondary N) is 1. The topological polar surface area (TPSA) is 37.8 Å². The Morgan fingerprint density at radius 2 is 2.28 bits per heavy atom. The lowest BCUT2D eigenvalue weighted by atomic mass is 10.3. The first kappa shape index (κ1) is 13.5. The van der Waals surface area contributed by atoms with Crippen LogP contribution in [0.3, 0.4) is 0 Å². The highest BCUT2D eigenvalue weighted by Crippen LogP contribution is 2.11. The van der Waals surface area contributed by atoms with E-state index in [0.29, 0.717) is 0 Å². The van der Waals surface area contributed by atoms with E-state index in [4.69, 9.17) is 0 Å². The molecule has 0 fully saturated rings. The van der Waals surface area contributed by atoms with Crippen molar-refractivity contribution in [3.05, 3.63) is 40.3 Å². The Labute approximate surface area is 116 Å². The maximum atomic E-state index is 4.36. The number of thiophene rings is 1. The van der Waals surface area contributed by atoms with Crippen molar-refractivity contribution in [2.24, 2.45) is 0 Å². The van der Waals surface area contributed by atoms with Gasteiger partial charge in [-0.3, -0.25) is 0 Å². The van der Waals surface area contributed by atoms with Crippen molar-refractivity contribution in [1.29, 1.82) is 0 Å². The number of nitrogens with zero attached hydrogens (tertiary/aromatic N) is 2. The molecule has 0 aromatic carbocycles. The second-order valence-corrected chi connectivity index (χ2v) is 6.00. The molecule has 0 spiro atoms. The van der Waals surface area contributed by atoms with Gasteiger partial charge in [0.05, 0.1) is 0 Å². The average molecular weight is 279 g/mol. The summed E-state index contributed by atoms with van der Waals surface area (Å²) < 4.78 is 0. The summed E-state index contributed by atoms with van der Waals surface area (Å²) in [4.78, 5) is 10.0. The third-order valence-electron chi connectivity index (χ3n) is 2.41. The predicted molar refractivity (Wildman–Crippen MR) is 78.4 cm³/mol. The van der Waals surface area contributed by atoms with E-state index in [1.807, 2.05) is 30.5 Å². The summed E-state index contributed by atoms with van der Waals surface area (Å²) >= 11 is 3.52. The van der Waals surface area contributed by atoms with Crippen LogP contribution in [0, 0.1) is 6.92 Å². The Hall–Kier alpha value is -0.910. The number of thioether (sulfide) groups is 1. The van der Waals surface area contributed by atoms with Gasteiger partial charge in [0.1, 0.15) is 0 Å². The van der Waals surface area contributed by atoms with Gasteiger partial charge in [-0.2, -0.15) is 0 Å². The molecule has 5 heteroatoms. The first-order chi connectivity index (χ1) is 8.84. The van der Waals surface area contributed by atoms with Crippen LogP contribution in [-0.4, -0.2) is 28.8 Å². The highest BCUT2D eigenvalue weighted by Gasteiger charge is 1.97. The van der Waals surface area contributed by atoms with E-state index in [0.717, 1.165) is 36.1 Å². The van der Waals surface area contributed by atoms with Gasteiger partial charge in [-0.25, -0.2) is 9.97 Å². The molecule has 18 heavy (non-hydrogen) atoms. The van der Waals surface area contributed by atoms with Crippen LogP contribution in [0.4, 0.5) is 0 Å². The molecule has 0 saturated heterocycles. The van der Waals surface area contributed by atoms with Gasteiger partial charge in [-0.15, -0.1) is 11.3 Å². The SMILES string of the molecule is Cc1ccnc(SCCNCCc2cccs2)n1. The minimum atomic E-state index is 0.870. The van der Waals surface area contributed by atoms with Crippen LogP contribution in [0.2, 0.25) is 0 Å². The summed E-state index contributed by atoms with van der Waals surface area (Å²) in [5.74, 6) is 1.01. The van der Waals surface area contributed by atoms with Crippen molar-refractivity contribution >= 4 is 23.1 Å². The molecular formula is C13H17N3S2. The first-order valence-corrected chi connectivity index (χ1v) is 7.86. The zero-order chi connectivity index (χ0) is 12.6. The fourth-order valence-corrected chi connectivity index (χ4v) is 2.98. The van der Waals surface area contributed by atoms with E-state index in [1.165, 1.54) is 4.88 Å². The van der Waals surface area contributed by atoms with Gasteiger partial charge in [0, 0.05) is 29.1 Å². The first-order valence-electron chi connectivity index (χ1n) is 6.00. The number of aryl methyl sites for hydroxylation is 1. The molecule has 2 aromatic heterocycles. The molecule has 0 amide bonds. The molecule has 1 N–H and O–H groups in total. The lowest BCUT2D eigenvalue weighted by Gasteiger charge is -2.03. The largest absolute Gasteiger partial charge is 0.316 e. The standard InChI is InChI=1S/C13H17N3S2/c1-11-4-7-15-13(16-11)18-10-8-14-6-5-12-3-2-9-17-12/h2-4,7,9,14H,5-6,8,10H2,1H3. The molecule has 2 aromatic rings. The molecule has 3 nitrogen and oxygen atoms in total. The van der Waals surface area contributed by atoms with Crippen molar-refractivity contribution in [3.8, 4) is 0 Å². The Bertz CT molecular complexity index is 457. The molecule has 0 radical (unpaired) electrons. The van der Waals surface area contributed by atoms with E-state index >= 15 is 0 Å². The maximum Gasteiger partial charge on any atom is 0.187 e. The lowest BCUT2D eigenvalue weighted by molar-refractivity contribution is 0.725. The number of hydrogen-bond donors (Lipinski definition) is 1. The summed E-state index contributed by atoms with van der Waals surface area (Å²) in [5, 5.41) is 6.43. The van der Waals surface area contributed by atoms with Gasteiger partial charge in [0.25, 0.3) is 0 Å². The maximum absolute atomic E-state index is 4.36. The lowest BCUT2D eigenvalue weighted by Crippen LogP contribution is -2.19. The van der Waals surface area contributed by atoms with Gasteiger partial charge in [0.2, 0.25) is 0 Å². The second kappa shape index (κ2) is 7.51. The highest BCUT2D eigenvalue weighted by molar-refractivity contribution is 7.99. The van der Waals surface area contributed by atoms with Crippen molar-refractivity contribution in [3.63, 3.8) is 0 Å². The molecule has 2 heterocycles. The minimum absolute atomic E-state index is 0.870. The molecule has 0 aliphatic carbocycles. The Morgan fingerprint density at radius 3 is 3.06 bits per heavy atom. The van der Waals surface area contributed by atoms with E-state index in [1.54, 1.807) is 11.8 Å². The quantitative estimate of drug-likeness (QED) is 0.480. The smallest absolute Gasteiger partial charge is 0.187 e. The van der Waals surface area contributed by atoms with Gasteiger partial charge < -0.3 is 5.32 Å². The summed E-state index contributed by atoms with van der Waals surface area (Å²) in [5.41, 5.74) is 1.03. The zero-order valence-electron chi connectivity index (χ0n) is 10.4. The van der Waals surface area contributed by atoms with Crippen LogP contribution in [0.25, 0.3) is 0 Å². The second-order valence-electron chi connectivity index (χ2n) is 3.91. The van der Waals surface area contributed by atoms with Crippen molar-refractivity contribution in [1.82, 2.24) is 15.3 Å². The van der Waals surface area contributed by atoms with Crippen LogP contribution in [-0.2, 0) is 6.42 Å². The summed E-state index contributed by atoms with van der Waals surface area (Å²) in [6.07, 6.45) is 2.93. The number of hydrogen-bond acceptors (Lipinski definition) is 5. The van der Waals surface area contributed by atoms with Gasteiger partial charge in [-0.05, 0) is 37.4 Å². The van der Waals surface area contributed by atoms with Crippen LogP contribution >= 0.6 is 23.1 Å². The van der Waals surface area contributed by atoms with E-state index < -0.39 is 0 Å². The Morgan fingerprint density at radius 1 is 1.33 bits per heavy atom. The molecule has 0 bridgehead atoms. The zero-order valence-corrected chi connectivity index (χ0v) is 12.1. The van der Waals surface area contributed by atoms with Gasteiger partial charge in [0.15, 0.2) is 5.16 Å². The number of rotatable bonds is 7. The fourth-order valence-electron chi connectivity index (χ4n) is 1.50. The van der Waals surface area contributed by atoms with Crippen LogP contribution in [0.15, 0.2) is 34.9 Å². The summed E-state index contributed by atoms with van der Waals surface area (Å²) in [6, 6.07) is 6.20. The molecule has 0 aliphatic rings. The normalized spacial score (nSPS) is 10.7. The molecule has 2 rings (SSSR count). The van der Waals surface area contributed by atoms with E-state index in [9.17, 15) is 0 Å². The molecule has 0 atom stereocenters. The van der Waals surface area contributed by atoms with Gasteiger partial charge in [-0.1, -0.05) is 17.8 Å². The van der Waals surface area contributed by atoms with Crippen LogP contribution in [0.5, 0.6) is 0 Å². The molecule has 96 valence electrons. The number of aromatic nitrogens is 2. The Balaban J connectivity index is 1.56. The van der Waals surface area contributed by atoms with E-state index in [2.05, 4.69) is 32.8 Å². The molecule has 0 unspecified atom stereocenters. The van der Waals surface area contributed by atoms with Gasteiger partial charge >= 0.3 is 0 Å².